The van der Waals surface area contributed by atoms with Gasteiger partial charge in [-0.25, -0.2) is 0 Å². The minimum Gasteiger partial charge on any atom is -0.321 e. The van der Waals surface area contributed by atoms with Crippen LogP contribution in [0.3, 0.4) is 0 Å². The maximum atomic E-state index is 12.9. The number of rotatable bonds is 6. The van der Waals surface area contributed by atoms with Crippen molar-refractivity contribution in [1.82, 2.24) is 0 Å². The maximum absolute atomic E-state index is 12.9. The summed E-state index contributed by atoms with van der Waals surface area (Å²) in [6, 6.07) is 19.4. The van der Waals surface area contributed by atoms with Gasteiger partial charge in [0.1, 0.15) is 0 Å². The molecule has 1 atom stereocenters. The zero-order valence-corrected chi connectivity index (χ0v) is 12.7. The van der Waals surface area contributed by atoms with Gasteiger partial charge in [0.15, 0.2) is 5.78 Å². The molecule has 2 aromatic rings. The number of hydrogen-bond acceptors (Lipinski definition) is 2. The van der Waals surface area contributed by atoms with E-state index in [0.717, 1.165) is 17.5 Å². The summed E-state index contributed by atoms with van der Waals surface area (Å²) < 4.78 is 0. The van der Waals surface area contributed by atoms with E-state index in [0.29, 0.717) is 5.92 Å². The Kier molecular flexibility index (Phi) is 5.29. The first-order valence-corrected chi connectivity index (χ1v) is 7.48. The average molecular weight is 281 g/mol. The maximum Gasteiger partial charge on any atom is 0.161 e. The molecule has 21 heavy (non-hydrogen) atoms. The van der Waals surface area contributed by atoms with Gasteiger partial charge in [-0.15, -0.1) is 0 Å². The van der Waals surface area contributed by atoms with Gasteiger partial charge >= 0.3 is 0 Å². The molecule has 0 aliphatic carbocycles. The molecule has 0 aliphatic heterocycles. The Hall–Kier alpha value is -1.93. The van der Waals surface area contributed by atoms with Crippen LogP contribution in [-0.2, 0) is 4.79 Å². The third kappa shape index (κ3) is 4.02. The van der Waals surface area contributed by atoms with E-state index in [9.17, 15) is 4.79 Å². The molecule has 2 rings (SSSR count). The van der Waals surface area contributed by atoms with Crippen molar-refractivity contribution >= 4 is 5.78 Å². The Balaban J connectivity index is 2.35. The van der Waals surface area contributed by atoms with E-state index in [1.54, 1.807) is 0 Å². The standard InChI is InChI=1S/C19H23NO/c1-14(2)13-17(20)19(21)18(15-9-5-3-6-10-15)16-11-7-4-8-12-16/h3-12,14,17-18H,13,20H2,1-2H3/t17-/m0/s1. The summed E-state index contributed by atoms with van der Waals surface area (Å²) in [5, 5.41) is 0. The summed E-state index contributed by atoms with van der Waals surface area (Å²) in [4.78, 5) is 12.9. The van der Waals surface area contributed by atoms with Crippen LogP contribution in [0.15, 0.2) is 60.7 Å². The van der Waals surface area contributed by atoms with E-state index in [1.165, 1.54) is 0 Å². The van der Waals surface area contributed by atoms with Crippen LogP contribution in [0.1, 0.15) is 37.3 Å². The summed E-state index contributed by atoms with van der Waals surface area (Å²) in [5.74, 6) is 0.235. The molecule has 0 bridgehead atoms. The molecule has 2 aromatic carbocycles. The quantitative estimate of drug-likeness (QED) is 0.876. The molecule has 0 aliphatic rings. The van der Waals surface area contributed by atoms with E-state index >= 15 is 0 Å². The van der Waals surface area contributed by atoms with E-state index in [4.69, 9.17) is 5.73 Å². The van der Waals surface area contributed by atoms with E-state index in [2.05, 4.69) is 13.8 Å². The minimum absolute atomic E-state index is 0.0982. The third-order valence-corrected chi connectivity index (χ3v) is 3.64. The van der Waals surface area contributed by atoms with Crippen LogP contribution in [0.2, 0.25) is 0 Å². The monoisotopic (exact) mass is 281 g/mol. The van der Waals surface area contributed by atoms with Crippen LogP contribution in [0.4, 0.5) is 0 Å². The molecule has 0 unspecified atom stereocenters. The minimum atomic E-state index is -0.421. The van der Waals surface area contributed by atoms with Crippen LogP contribution in [0, 0.1) is 5.92 Å². The van der Waals surface area contributed by atoms with Gasteiger partial charge in [0.25, 0.3) is 0 Å². The molecule has 110 valence electrons. The summed E-state index contributed by atoms with van der Waals surface area (Å²) in [5.41, 5.74) is 8.16. The van der Waals surface area contributed by atoms with Gasteiger partial charge in [-0.05, 0) is 23.5 Å². The van der Waals surface area contributed by atoms with Crippen LogP contribution in [0.25, 0.3) is 0 Å². The number of hydrogen-bond donors (Lipinski definition) is 1. The smallest absolute Gasteiger partial charge is 0.161 e. The molecule has 0 saturated heterocycles. The highest BCUT2D eigenvalue weighted by molar-refractivity contribution is 5.93. The van der Waals surface area contributed by atoms with Gasteiger partial charge in [0, 0.05) is 0 Å². The van der Waals surface area contributed by atoms with E-state index < -0.39 is 6.04 Å². The topological polar surface area (TPSA) is 43.1 Å². The molecule has 0 spiro atoms. The fourth-order valence-electron chi connectivity index (χ4n) is 2.65. The molecule has 0 saturated carbocycles. The van der Waals surface area contributed by atoms with Crippen molar-refractivity contribution in [3.05, 3.63) is 71.8 Å². The second-order valence-corrected chi connectivity index (χ2v) is 5.89. The molecular weight excluding hydrogens is 258 g/mol. The lowest BCUT2D eigenvalue weighted by molar-refractivity contribution is -0.121. The van der Waals surface area contributed by atoms with Crippen molar-refractivity contribution < 1.29 is 4.79 Å². The zero-order chi connectivity index (χ0) is 15.2. The number of nitrogens with two attached hydrogens (primary N) is 1. The first kappa shape index (κ1) is 15.5. The van der Waals surface area contributed by atoms with Crippen LogP contribution >= 0.6 is 0 Å². The predicted molar refractivity (Wildman–Crippen MR) is 87.2 cm³/mol. The van der Waals surface area contributed by atoms with Gasteiger partial charge in [0.05, 0.1) is 12.0 Å². The Labute approximate surface area is 127 Å². The molecule has 2 N–H and O–H groups in total. The molecular formula is C19H23NO. The number of carbonyl (C=O) groups is 1. The van der Waals surface area contributed by atoms with Crippen molar-refractivity contribution in [3.63, 3.8) is 0 Å². The Bertz CT molecular complexity index is 523. The number of Topliss-reactive ketones (excluding diaryl/α,β-unsaturated/α-hetero) is 1. The fraction of sp³-hybridized carbons (Fsp3) is 0.316. The average Bonchev–Trinajstić information content (AvgIpc) is 2.49. The van der Waals surface area contributed by atoms with Crippen molar-refractivity contribution in [2.24, 2.45) is 11.7 Å². The van der Waals surface area contributed by atoms with Gasteiger partial charge in [0.2, 0.25) is 0 Å². The predicted octanol–water partition coefficient (Wildman–Crippen LogP) is 3.76. The summed E-state index contributed by atoms with van der Waals surface area (Å²) in [6.45, 7) is 4.18. The second kappa shape index (κ2) is 7.19. The summed E-state index contributed by atoms with van der Waals surface area (Å²) in [6.07, 6.45) is 0.717. The Morgan fingerprint density at radius 1 is 0.905 bits per heavy atom. The van der Waals surface area contributed by atoms with Crippen molar-refractivity contribution in [2.75, 3.05) is 0 Å². The van der Waals surface area contributed by atoms with Gasteiger partial charge < -0.3 is 5.73 Å². The molecule has 0 amide bonds. The van der Waals surface area contributed by atoms with Gasteiger partial charge in [-0.1, -0.05) is 74.5 Å². The molecule has 0 aromatic heterocycles. The van der Waals surface area contributed by atoms with Gasteiger partial charge in [-0.2, -0.15) is 0 Å². The van der Waals surface area contributed by atoms with Gasteiger partial charge in [-0.3, -0.25) is 4.79 Å². The second-order valence-electron chi connectivity index (χ2n) is 5.89. The SMILES string of the molecule is CC(C)C[C@H](N)C(=O)C(c1ccccc1)c1ccccc1. The molecule has 2 heteroatoms. The number of carbonyl (C=O) groups excluding carboxylic acids is 1. The first-order valence-electron chi connectivity index (χ1n) is 7.48. The highest BCUT2D eigenvalue weighted by Crippen LogP contribution is 2.27. The van der Waals surface area contributed by atoms with Crippen LogP contribution < -0.4 is 5.73 Å². The molecule has 0 fully saturated rings. The lowest BCUT2D eigenvalue weighted by atomic mass is 9.83. The Morgan fingerprint density at radius 2 is 1.33 bits per heavy atom. The zero-order valence-electron chi connectivity index (χ0n) is 12.7. The summed E-state index contributed by atoms with van der Waals surface area (Å²) in [7, 11) is 0. The van der Waals surface area contributed by atoms with Crippen molar-refractivity contribution in [2.45, 2.75) is 32.2 Å². The van der Waals surface area contributed by atoms with Crippen molar-refractivity contribution in [3.8, 4) is 0 Å². The van der Waals surface area contributed by atoms with Crippen molar-refractivity contribution in [1.29, 1.82) is 0 Å². The number of ketones is 1. The highest BCUT2D eigenvalue weighted by Gasteiger charge is 2.27. The number of benzene rings is 2. The normalized spacial score (nSPS) is 12.6. The van der Waals surface area contributed by atoms with E-state index in [-0.39, 0.29) is 11.7 Å². The van der Waals surface area contributed by atoms with E-state index in [1.807, 2.05) is 60.7 Å². The third-order valence-electron chi connectivity index (χ3n) is 3.64. The molecule has 0 heterocycles. The summed E-state index contributed by atoms with van der Waals surface area (Å²) >= 11 is 0. The fourth-order valence-corrected chi connectivity index (χ4v) is 2.65. The molecule has 0 radical (unpaired) electrons. The largest absolute Gasteiger partial charge is 0.321 e. The lowest BCUT2D eigenvalue weighted by Crippen LogP contribution is -2.36. The van der Waals surface area contributed by atoms with Crippen LogP contribution in [-0.4, -0.2) is 11.8 Å². The first-order chi connectivity index (χ1) is 10.1. The molecule has 2 nitrogen and oxygen atoms in total. The lowest BCUT2D eigenvalue weighted by Gasteiger charge is -2.22. The Morgan fingerprint density at radius 3 is 1.71 bits per heavy atom. The highest BCUT2D eigenvalue weighted by atomic mass is 16.1. The van der Waals surface area contributed by atoms with Crippen LogP contribution in [0.5, 0.6) is 0 Å².